The molecule has 0 unspecified atom stereocenters. The molecule has 18 heavy (non-hydrogen) atoms. The third kappa shape index (κ3) is 1.14. The molecule has 0 radical (unpaired) electrons. The van der Waals surface area contributed by atoms with Crippen LogP contribution in [0.1, 0.15) is 20.7 Å². The fourth-order valence-electron chi connectivity index (χ4n) is 1.64. The van der Waals surface area contributed by atoms with E-state index in [-0.39, 0.29) is 0 Å². The van der Waals surface area contributed by atoms with E-state index < -0.39 is 57.1 Å². The number of phenolic OH excluding ortho intramolecular Hbond substituents is 3. The number of aliphatic hydroxyl groups is 2. The fourth-order valence-corrected chi connectivity index (χ4v) is 1.64. The summed E-state index contributed by atoms with van der Waals surface area (Å²) in [5, 5.41) is 46.5. The molecule has 0 saturated carbocycles. The van der Waals surface area contributed by atoms with Crippen molar-refractivity contribution in [3.8, 4) is 17.2 Å². The molecule has 2 rings (SSSR count). The Bertz CT molecular complexity index is 589. The van der Waals surface area contributed by atoms with Crippen molar-refractivity contribution in [3.05, 3.63) is 22.6 Å². The van der Waals surface area contributed by atoms with Crippen molar-refractivity contribution in [1.82, 2.24) is 0 Å². The first-order valence-corrected chi connectivity index (χ1v) is 4.56. The number of Topliss-reactive ketones (excluding diaryl/α,β-unsaturated/α-hetero) is 2. The lowest BCUT2D eigenvalue weighted by Gasteiger charge is -2.18. The average molecular weight is 253 g/mol. The normalized spacial score (nSPS) is 14.9. The topological polar surface area (TPSA) is 161 Å². The van der Waals surface area contributed by atoms with Gasteiger partial charge in [-0.1, -0.05) is 0 Å². The molecule has 1 aliphatic carbocycles. The Morgan fingerprint density at radius 1 is 0.667 bits per heavy atom. The molecule has 7 N–H and O–H groups in total. The minimum Gasteiger partial charge on any atom is -0.504 e. The minimum atomic E-state index is -1.29. The molecule has 1 aliphatic rings. The highest BCUT2D eigenvalue weighted by atomic mass is 16.3. The third-order valence-electron chi connectivity index (χ3n) is 2.57. The van der Waals surface area contributed by atoms with E-state index in [4.69, 9.17) is 5.73 Å². The second kappa shape index (κ2) is 3.29. The number of rotatable bonds is 0. The number of allylic oxidation sites excluding steroid dienone is 2. The zero-order chi connectivity index (χ0) is 13.8. The molecule has 0 fully saturated rings. The summed E-state index contributed by atoms with van der Waals surface area (Å²) < 4.78 is 0. The number of carbonyl (C=O) groups is 2. The summed E-state index contributed by atoms with van der Waals surface area (Å²) in [7, 11) is 0. The van der Waals surface area contributed by atoms with Gasteiger partial charge in [0.2, 0.25) is 28.8 Å². The molecule has 8 heteroatoms. The van der Waals surface area contributed by atoms with E-state index in [1.165, 1.54) is 0 Å². The number of aliphatic hydroxyl groups excluding tert-OH is 2. The number of hydrogen-bond acceptors (Lipinski definition) is 8. The van der Waals surface area contributed by atoms with Crippen molar-refractivity contribution in [3.63, 3.8) is 0 Å². The summed E-state index contributed by atoms with van der Waals surface area (Å²) in [4.78, 5) is 23.2. The second-order valence-corrected chi connectivity index (χ2v) is 3.56. The van der Waals surface area contributed by atoms with Gasteiger partial charge >= 0.3 is 0 Å². The van der Waals surface area contributed by atoms with Crippen LogP contribution < -0.4 is 5.73 Å². The molecule has 0 saturated heterocycles. The maximum Gasteiger partial charge on any atom is 0.236 e. The lowest BCUT2D eigenvalue weighted by molar-refractivity contribution is 0.0878. The Balaban J connectivity index is 2.96. The fraction of sp³-hybridized carbons (Fsp3) is 0. The molecular formula is C10H7NO7. The number of ketones is 2. The Morgan fingerprint density at radius 2 is 1.11 bits per heavy atom. The van der Waals surface area contributed by atoms with Crippen molar-refractivity contribution in [1.29, 1.82) is 0 Å². The number of nitrogens with two attached hydrogens (primary N) is 1. The summed E-state index contributed by atoms with van der Waals surface area (Å²) in [6, 6.07) is 0. The van der Waals surface area contributed by atoms with Crippen LogP contribution in [-0.2, 0) is 0 Å². The molecule has 8 nitrogen and oxygen atoms in total. The standard InChI is InChI=1S/C10H7NO7/c11-3-1-2(5(13)8(16)7(3)15)6(14)10(18)9(17)4(1)12/h13,15-18H,11H2. The molecule has 0 bridgehead atoms. The van der Waals surface area contributed by atoms with Gasteiger partial charge in [0.25, 0.3) is 0 Å². The van der Waals surface area contributed by atoms with Crippen molar-refractivity contribution in [2.24, 2.45) is 0 Å². The maximum absolute atomic E-state index is 11.6. The van der Waals surface area contributed by atoms with Crippen LogP contribution in [0.2, 0.25) is 0 Å². The van der Waals surface area contributed by atoms with Crippen LogP contribution >= 0.6 is 0 Å². The van der Waals surface area contributed by atoms with Gasteiger partial charge in [-0.2, -0.15) is 0 Å². The second-order valence-electron chi connectivity index (χ2n) is 3.56. The summed E-state index contributed by atoms with van der Waals surface area (Å²) in [5.74, 6) is -8.25. The lowest BCUT2D eigenvalue weighted by atomic mass is 9.89. The number of fused-ring (bicyclic) bond motifs is 1. The monoisotopic (exact) mass is 253 g/mol. The molecular weight excluding hydrogens is 246 g/mol. The van der Waals surface area contributed by atoms with E-state index in [2.05, 4.69) is 0 Å². The third-order valence-corrected chi connectivity index (χ3v) is 2.57. The number of nitrogen functional groups attached to an aromatic ring is 1. The Hall–Kier alpha value is -2.90. The summed E-state index contributed by atoms with van der Waals surface area (Å²) in [5.41, 5.74) is 3.19. The van der Waals surface area contributed by atoms with E-state index >= 15 is 0 Å². The average Bonchev–Trinajstić information content (AvgIpc) is 2.35. The van der Waals surface area contributed by atoms with Gasteiger partial charge in [0, 0.05) is 0 Å². The van der Waals surface area contributed by atoms with Gasteiger partial charge in [0.1, 0.15) is 0 Å². The van der Waals surface area contributed by atoms with E-state index in [0.29, 0.717) is 0 Å². The van der Waals surface area contributed by atoms with E-state index in [9.17, 15) is 35.1 Å². The van der Waals surface area contributed by atoms with Crippen LogP contribution in [0, 0.1) is 0 Å². The van der Waals surface area contributed by atoms with Gasteiger partial charge in [-0.05, 0) is 0 Å². The van der Waals surface area contributed by atoms with Crippen LogP contribution in [0.25, 0.3) is 0 Å². The highest BCUT2D eigenvalue weighted by Gasteiger charge is 2.39. The van der Waals surface area contributed by atoms with Crippen molar-refractivity contribution in [2.45, 2.75) is 0 Å². The van der Waals surface area contributed by atoms with Gasteiger partial charge in [0.05, 0.1) is 16.8 Å². The van der Waals surface area contributed by atoms with Gasteiger partial charge in [-0.25, -0.2) is 0 Å². The van der Waals surface area contributed by atoms with Crippen LogP contribution in [-0.4, -0.2) is 37.1 Å². The molecule has 0 heterocycles. The molecule has 1 aromatic rings. The number of aromatic hydroxyl groups is 3. The van der Waals surface area contributed by atoms with Gasteiger partial charge in [-0.3, -0.25) is 9.59 Å². The van der Waals surface area contributed by atoms with Crippen molar-refractivity contribution >= 4 is 17.3 Å². The van der Waals surface area contributed by atoms with Crippen molar-refractivity contribution < 1.29 is 35.1 Å². The SMILES string of the molecule is Nc1c(O)c(O)c(O)c2c1C(=O)C(O)=C(O)C2=O. The number of hydrogen-bond donors (Lipinski definition) is 6. The van der Waals surface area contributed by atoms with Gasteiger partial charge < -0.3 is 31.3 Å². The summed E-state index contributed by atoms with van der Waals surface area (Å²) in [6.45, 7) is 0. The zero-order valence-corrected chi connectivity index (χ0v) is 8.63. The Morgan fingerprint density at radius 3 is 1.61 bits per heavy atom. The molecule has 0 atom stereocenters. The van der Waals surface area contributed by atoms with Gasteiger partial charge in [-0.15, -0.1) is 0 Å². The molecule has 0 amide bonds. The Kier molecular flexibility index (Phi) is 2.12. The largest absolute Gasteiger partial charge is 0.504 e. The quantitative estimate of drug-likeness (QED) is 0.215. The Labute approximate surface area is 98.8 Å². The summed E-state index contributed by atoms with van der Waals surface area (Å²) >= 11 is 0. The van der Waals surface area contributed by atoms with Crippen LogP contribution in [0.3, 0.4) is 0 Å². The number of carbonyl (C=O) groups excluding carboxylic acids is 2. The molecule has 1 aromatic carbocycles. The summed E-state index contributed by atoms with van der Waals surface area (Å²) in [6.07, 6.45) is 0. The van der Waals surface area contributed by atoms with Crippen LogP contribution in [0.15, 0.2) is 11.5 Å². The first-order valence-electron chi connectivity index (χ1n) is 4.56. The number of anilines is 1. The lowest BCUT2D eigenvalue weighted by Crippen LogP contribution is -2.23. The first-order chi connectivity index (χ1) is 8.29. The highest BCUT2D eigenvalue weighted by molar-refractivity contribution is 6.28. The highest BCUT2D eigenvalue weighted by Crippen LogP contribution is 2.47. The zero-order valence-electron chi connectivity index (χ0n) is 8.63. The molecule has 94 valence electrons. The van der Waals surface area contributed by atoms with Gasteiger partial charge in [0.15, 0.2) is 11.5 Å². The van der Waals surface area contributed by atoms with Crippen LogP contribution in [0.4, 0.5) is 5.69 Å². The minimum absolute atomic E-state index is 0.678. The first kappa shape index (κ1) is 11.6. The molecule has 0 aliphatic heterocycles. The number of phenols is 3. The maximum atomic E-state index is 11.6. The van der Waals surface area contributed by atoms with E-state index in [0.717, 1.165) is 0 Å². The predicted octanol–water partition coefficient (Wildman–Crippen LogP) is 0.0922. The molecule has 0 spiro atoms. The predicted molar refractivity (Wildman–Crippen MR) is 56.8 cm³/mol. The van der Waals surface area contributed by atoms with Crippen molar-refractivity contribution in [2.75, 3.05) is 5.73 Å². The number of benzene rings is 1. The smallest absolute Gasteiger partial charge is 0.236 e. The molecule has 0 aromatic heterocycles. The van der Waals surface area contributed by atoms with E-state index in [1.54, 1.807) is 0 Å². The van der Waals surface area contributed by atoms with E-state index in [1.807, 2.05) is 0 Å². The van der Waals surface area contributed by atoms with Crippen LogP contribution in [0.5, 0.6) is 17.2 Å².